The molecule has 0 amide bonds. The van der Waals surface area contributed by atoms with Crippen molar-refractivity contribution in [3.05, 3.63) is 24.0 Å². The molecule has 0 aliphatic heterocycles. The van der Waals surface area contributed by atoms with Gasteiger partial charge in [0.2, 0.25) is 0 Å². The first-order valence-corrected chi connectivity index (χ1v) is 6.51. The first-order chi connectivity index (χ1) is 8.17. The van der Waals surface area contributed by atoms with Crippen molar-refractivity contribution in [3.8, 4) is 0 Å². The normalized spacial score (nSPS) is 13.2. The molecule has 0 aliphatic carbocycles. The van der Waals surface area contributed by atoms with Gasteiger partial charge in [-0.05, 0) is 45.9 Å². The zero-order chi connectivity index (χ0) is 13.9. The number of hydrogen-bond acceptors (Lipinski definition) is 4. The lowest BCUT2D eigenvalue weighted by molar-refractivity contribution is -0.153. The Bertz CT molecular complexity index is 423. The molecule has 0 radical (unpaired) electrons. The van der Waals surface area contributed by atoms with E-state index < -0.39 is 16.7 Å². The number of carbonyl (C=O) groups excluding carboxylic acids is 1. The fourth-order valence-corrected chi connectivity index (χ4v) is 2.23. The number of hydrogen-bond donors (Lipinski definition) is 1. The minimum absolute atomic E-state index is 0.324. The molecular weight excluding hydrogens is 253 g/mol. The minimum Gasteiger partial charge on any atom is -0.459 e. The molecule has 0 spiro atoms. The van der Waals surface area contributed by atoms with Gasteiger partial charge in [0, 0.05) is 10.6 Å². The van der Waals surface area contributed by atoms with E-state index in [2.05, 4.69) is 0 Å². The van der Waals surface area contributed by atoms with E-state index in [1.807, 2.05) is 20.8 Å². The summed E-state index contributed by atoms with van der Waals surface area (Å²) in [5, 5.41) is -0.412. The lowest BCUT2D eigenvalue weighted by Gasteiger charge is -2.22. The average molecular weight is 271 g/mol. The number of anilines is 1. The van der Waals surface area contributed by atoms with Crippen LogP contribution < -0.4 is 5.73 Å². The van der Waals surface area contributed by atoms with Crippen molar-refractivity contribution in [3.63, 3.8) is 0 Å². The molecule has 1 rings (SSSR count). The number of ether oxygens (including phenoxy) is 1. The maximum Gasteiger partial charge on any atom is 0.319 e. The van der Waals surface area contributed by atoms with Crippen LogP contribution in [0, 0.1) is 5.82 Å². The van der Waals surface area contributed by atoms with E-state index in [1.54, 1.807) is 13.0 Å². The fourth-order valence-electron chi connectivity index (χ4n) is 1.29. The second-order valence-electron chi connectivity index (χ2n) is 5.01. The van der Waals surface area contributed by atoms with Gasteiger partial charge in [-0.2, -0.15) is 0 Å². The Morgan fingerprint density at radius 2 is 2.00 bits per heavy atom. The van der Waals surface area contributed by atoms with Gasteiger partial charge in [0.25, 0.3) is 0 Å². The number of benzene rings is 1. The third kappa shape index (κ3) is 4.96. The largest absolute Gasteiger partial charge is 0.459 e. The van der Waals surface area contributed by atoms with Crippen molar-refractivity contribution in [2.24, 2.45) is 0 Å². The summed E-state index contributed by atoms with van der Waals surface area (Å²) < 4.78 is 18.4. The molecule has 18 heavy (non-hydrogen) atoms. The van der Waals surface area contributed by atoms with Crippen molar-refractivity contribution >= 4 is 23.4 Å². The van der Waals surface area contributed by atoms with Crippen molar-refractivity contribution < 1.29 is 13.9 Å². The van der Waals surface area contributed by atoms with E-state index in [4.69, 9.17) is 10.5 Å². The van der Waals surface area contributed by atoms with Crippen molar-refractivity contribution in [2.75, 3.05) is 5.73 Å². The van der Waals surface area contributed by atoms with Gasteiger partial charge in [-0.25, -0.2) is 4.39 Å². The van der Waals surface area contributed by atoms with Crippen LogP contribution in [0.4, 0.5) is 10.1 Å². The van der Waals surface area contributed by atoms with Gasteiger partial charge in [-0.15, -0.1) is 11.8 Å². The molecule has 100 valence electrons. The molecule has 5 heteroatoms. The molecule has 0 bridgehead atoms. The monoisotopic (exact) mass is 271 g/mol. The molecular formula is C13H18FNO2S. The molecule has 1 atom stereocenters. The van der Waals surface area contributed by atoms with Crippen molar-refractivity contribution in [1.29, 1.82) is 0 Å². The summed E-state index contributed by atoms with van der Waals surface area (Å²) in [6.07, 6.45) is 0. The molecule has 0 saturated carbocycles. The van der Waals surface area contributed by atoms with E-state index in [9.17, 15) is 9.18 Å². The molecule has 0 aromatic heterocycles. The van der Waals surface area contributed by atoms with E-state index in [0.29, 0.717) is 10.6 Å². The number of halogens is 1. The summed E-state index contributed by atoms with van der Waals surface area (Å²) in [7, 11) is 0. The third-order valence-corrected chi connectivity index (χ3v) is 3.00. The second kappa shape index (κ2) is 5.61. The topological polar surface area (TPSA) is 52.3 Å². The van der Waals surface area contributed by atoms with Gasteiger partial charge in [0.05, 0.1) is 0 Å². The Balaban J connectivity index is 2.69. The molecule has 1 aromatic carbocycles. The highest BCUT2D eigenvalue weighted by molar-refractivity contribution is 8.00. The van der Waals surface area contributed by atoms with Gasteiger partial charge in [0.15, 0.2) is 0 Å². The second-order valence-corrected chi connectivity index (χ2v) is 6.43. The summed E-state index contributed by atoms with van der Waals surface area (Å²) in [5.41, 5.74) is 5.36. The van der Waals surface area contributed by atoms with Crippen LogP contribution in [0.5, 0.6) is 0 Å². The van der Waals surface area contributed by atoms with E-state index >= 15 is 0 Å². The first-order valence-electron chi connectivity index (χ1n) is 5.63. The fraction of sp³-hybridized carbons (Fsp3) is 0.462. The highest BCUT2D eigenvalue weighted by Gasteiger charge is 2.22. The molecule has 0 heterocycles. The predicted octanol–water partition coefficient (Wildman–Crippen LogP) is 3.23. The number of carbonyl (C=O) groups is 1. The Kier molecular flexibility index (Phi) is 4.62. The van der Waals surface area contributed by atoms with Crippen LogP contribution in [-0.2, 0) is 9.53 Å². The Labute approximate surface area is 111 Å². The molecule has 1 unspecified atom stereocenters. The summed E-state index contributed by atoms with van der Waals surface area (Å²) in [6, 6.07) is 4.22. The Morgan fingerprint density at radius 1 is 1.39 bits per heavy atom. The van der Waals surface area contributed by atoms with E-state index in [1.165, 1.54) is 23.9 Å². The molecule has 0 aliphatic rings. The summed E-state index contributed by atoms with van der Waals surface area (Å²) in [6.45, 7) is 7.15. The highest BCUT2D eigenvalue weighted by atomic mass is 32.2. The number of nitrogen functional groups attached to an aromatic ring is 1. The lowest BCUT2D eigenvalue weighted by atomic mass is 10.2. The van der Waals surface area contributed by atoms with Gasteiger partial charge in [0.1, 0.15) is 16.7 Å². The third-order valence-electron chi connectivity index (χ3n) is 1.95. The molecule has 3 nitrogen and oxygen atoms in total. The van der Waals surface area contributed by atoms with Gasteiger partial charge in [-0.3, -0.25) is 4.79 Å². The molecule has 0 fully saturated rings. The number of nitrogens with two attached hydrogens (primary N) is 1. The SMILES string of the molecule is CC(Sc1cc(N)cc(F)c1)C(=O)OC(C)(C)C. The lowest BCUT2D eigenvalue weighted by Crippen LogP contribution is -2.28. The van der Waals surface area contributed by atoms with E-state index in [0.717, 1.165) is 0 Å². The summed E-state index contributed by atoms with van der Waals surface area (Å²) in [4.78, 5) is 12.4. The van der Waals surface area contributed by atoms with Gasteiger partial charge in [-0.1, -0.05) is 0 Å². The zero-order valence-corrected chi connectivity index (χ0v) is 11.8. The van der Waals surface area contributed by atoms with E-state index in [-0.39, 0.29) is 5.97 Å². The minimum atomic E-state index is -0.521. The Morgan fingerprint density at radius 3 is 2.50 bits per heavy atom. The maximum absolute atomic E-state index is 13.1. The molecule has 0 saturated heterocycles. The van der Waals surface area contributed by atoms with Crippen LogP contribution in [0.15, 0.2) is 23.1 Å². The Hall–Kier alpha value is -1.23. The van der Waals surface area contributed by atoms with Gasteiger partial charge >= 0.3 is 5.97 Å². The van der Waals surface area contributed by atoms with Crippen LogP contribution in [-0.4, -0.2) is 16.8 Å². The van der Waals surface area contributed by atoms with Crippen LogP contribution in [0.3, 0.4) is 0 Å². The molecule has 2 N–H and O–H groups in total. The summed E-state index contributed by atoms with van der Waals surface area (Å²) >= 11 is 1.23. The molecule has 1 aromatic rings. The maximum atomic E-state index is 13.1. The highest BCUT2D eigenvalue weighted by Crippen LogP contribution is 2.27. The predicted molar refractivity (Wildman–Crippen MR) is 72.0 cm³/mol. The number of esters is 1. The van der Waals surface area contributed by atoms with Crippen molar-refractivity contribution in [2.45, 2.75) is 43.4 Å². The first kappa shape index (κ1) is 14.8. The number of rotatable bonds is 3. The smallest absolute Gasteiger partial charge is 0.319 e. The zero-order valence-electron chi connectivity index (χ0n) is 11.0. The van der Waals surface area contributed by atoms with Crippen molar-refractivity contribution in [1.82, 2.24) is 0 Å². The van der Waals surface area contributed by atoms with Crippen LogP contribution in [0.2, 0.25) is 0 Å². The summed E-state index contributed by atoms with van der Waals surface area (Å²) in [5.74, 6) is -0.732. The number of thioether (sulfide) groups is 1. The average Bonchev–Trinajstić information content (AvgIpc) is 2.12. The quantitative estimate of drug-likeness (QED) is 0.521. The van der Waals surface area contributed by atoms with Crippen LogP contribution in [0.1, 0.15) is 27.7 Å². The van der Waals surface area contributed by atoms with Crippen LogP contribution in [0.25, 0.3) is 0 Å². The van der Waals surface area contributed by atoms with Crippen LogP contribution >= 0.6 is 11.8 Å². The standard InChI is InChI=1S/C13H18FNO2S/c1-8(12(16)17-13(2,3)4)18-11-6-9(14)5-10(15)7-11/h5-8H,15H2,1-4H3. The van der Waals surface area contributed by atoms with Gasteiger partial charge < -0.3 is 10.5 Å².